The zero-order valence-electron chi connectivity index (χ0n) is 10.5. The first-order chi connectivity index (χ1) is 9.42. The molecule has 3 aromatic heterocycles. The van der Waals surface area contributed by atoms with E-state index < -0.39 is 0 Å². The lowest BCUT2D eigenvalue weighted by Crippen LogP contribution is -2.05. The van der Waals surface area contributed by atoms with Gasteiger partial charge in [0.05, 0.1) is 18.4 Å². The molecule has 0 saturated heterocycles. The first kappa shape index (κ1) is 10.7. The predicted octanol–water partition coefficient (Wildman–Crippen LogP) is 2.78. The van der Waals surface area contributed by atoms with Crippen molar-refractivity contribution in [2.45, 2.75) is 25.7 Å². The fourth-order valence-electron chi connectivity index (χ4n) is 2.75. The first-order valence-corrected chi connectivity index (χ1v) is 6.61. The minimum atomic E-state index is 0.818. The highest BCUT2D eigenvalue weighted by Crippen LogP contribution is 2.31. The van der Waals surface area contributed by atoms with Gasteiger partial charge in [0.25, 0.3) is 0 Å². The van der Waals surface area contributed by atoms with E-state index in [1.165, 1.54) is 18.9 Å². The van der Waals surface area contributed by atoms with Crippen LogP contribution >= 0.6 is 0 Å². The largest absolute Gasteiger partial charge is 0.345 e. The molecule has 0 atom stereocenters. The Morgan fingerprint density at radius 3 is 2.95 bits per heavy atom. The molecule has 0 unspecified atom stereocenters. The summed E-state index contributed by atoms with van der Waals surface area (Å²) in [5.41, 5.74) is 2.99. The molecule has 1 N–H and O–H groups in total. The van der Waals surface area contributed by atoms with Crippen molar-refractivity contribution in [1.82, 2.24) is 25.0 Å². The molecule has 4 rings (SSSR count). The van der Waals surface area contributed by atoms with Gasteiger partial charge in [-0.2, -0.15) is 10.2 Å². The highest BCUT2D eigenvalue weighted by molar-refractivity contribution is 5.91. The summed E-state index contributed by atoms with van der Waals surface area (Å²) in [5, 5.41) is 13.7. The Bertz CT molecular complexity index is 705. The predicted molar refractivity (Wildman–Crippen MR) is 72.2 cm³/mol. The summed E-state index contributed by atoms with van der Waals surface area (Å²) >= 11 is 0. The van der Waals surface area contributed by atoms with Gasteiger partial charge in [-0.05, 0) is 18.9 Å². The molecular formula is C14H14N5. The van der Waals surface area contributed by atoms with Crippen LogP contribution in [0, 0.1) is 6.04 Å². The van der Waals surface area contributed by atoms with E-state index >= 15 is 0 Å². The van der Waals surface area contributed by atoms with Crippen molar-refractivity contribution in [3.8, 4) is 11.1 Å². The lowest BCUT2D eigenvalue weighted by Gasteiger charge is -2.07. The van der Waals surface area contributed by atoms with Crippen LogP contribution in [0.15, 0.2) is 30.9 Å². The summed E-state index contributed by atoms with van der Waals surface area (Å²) in [6, 6.07) is 3.44. The Balaban J connectivity index is 1.77. The molecule has 1 fully saturated rings. The van der Waals surface area contributed by atoms with Crippen LogP contribution in [-0.2, 0) is 0 Å². The van der Waals surface area contributed by atoms with Crippen molar-refractivity contribution in [2.75, 3.05) is 0 Å². The summed E-state index contributed by atoms with van der Waals surface area (Å²) < 4.78 is 2.03. The molecule has 1 aliphatic carbocycles. The van der Waals surface area contributed by atoms with Crippen LogP contribution in [0.3, 0.4) is 0 Å². The van der Waals surface area contributed by atoms with Gasteiger partial charge in [0.1, 0.15) is 0 Å². The molecule has 19 heavy (non-hydrogen) atoms. The van der Waals surface area contributed by atoms with E-state index in [2.05, 4.69) is 26.5 Å². The lowest BCUT2D eigenvalue weighted by atomic mass is 10.1. The van der Waals surface area contributed by atoms with Gasteiger partial charge in [0.2, 0.25) is 0 Å². The Morgan fingerprint density at radius 1 is 1.16 bits per heavy atom. The Morgan fingerprint density at radius 2 is 2.05 bits per heavy atom. The SMILES string of the molecule is c1cc2c(-c3cnn([C]4CCCC4)c3)cnnc2[nH]1. The fourth-order valence-corrected chi connectivity index (χ4v) is 2.75. The third-order valence-corrected chi connectivity index (χ3v) is 3.76. The summed E-state index contributed by atoms with van der Waals surface area (Å²) in [6.45, 7) is 0. The Kier molecular flexibility index (Phi) is 2.36. The van der Waals surface area contributed by atoms with Gasteiger partial charge in [-0.15, -0.1) is 5.10 Å². The lowest BCUT2D eigenvalue weighted by molar-refractivity contribution is 0.650. The van der Waals surface area contributed by atoms with Crippen LogP contribution < -0.4 is 0 Å². The summed E-state index contributed by atoms with van der Waals surface area (Å²) in [6.07, 6.45) is 12.6. The van der Waals surface area contributed by atoms with Crippen LogP contribution in [0.1, 0.15) is 25.7 Å². The summed E-state index contributed by atoms with van der Waals surface area (Å²) in [5.74, 6) is 0. The maximum atomic E-state index is 4.49. The number of aromatic nitrogens is 5. The molecule has 5 heteroatoms. The van der Waals surface area contributed by atoms with Gasteiger partial charge < -0.3 is 4.98 Å². The Labute approximate surface area is 110 Å². The fraction of sp³-hybridized carbons (Fsp3) is 0.286. The topological polar surface area (TPSA) is 59.4 Å². The van der Waals surface area contributed by atoms with Crippen LogP contribution in [-0.4, -0.2) is 25.0 Å². The van der Waals surface area contributed by atoms with Gasteiger partial charge in [-0.25, -0.2) is 0 Å². The van der Waals surface area contributed by atoms with Crippen molar-refractivity contribution < 1.29 is 0 Å². The molecule has 3 aromatic rings. The van der Waals surface area contributed by atoms with Crippen molar-refractivity contribution in [2.24, 2.45) is 0 Å². The van der Waals surface area contributed by atoms with Gasteiger partial charge in [0.15, 0.2) is 5.65 Å². The van der Waals surface area contributed by atoms with Crippen molar-refractivity contribution in [3.63, 3.8) is 0 Å². The summed E-state index contributed by atoms with van der Waals surface area (Å²) in [4.78, 5) is 3.09. The molecule has 1 aliphatic rings. The van der Waals surface area contributed by atoms with E-state index in [9.17, 15) is 0 Å². The molecule has 5 nitrogen and oxygen atoms in total. The second-order valence-electron chi connectivity index (χ2n) is 4.95. The van der Waals surface area contributed by atoms with Gasteiger partial charge in [0, 0.05) is 28.9 Å². The number of hydrogen-bond acceptors (Lipinski definition) is 3. The average Bonchev–Trinajstić information content (AvgIpc) is 3.18. The zero-order valence-corrected chi connectivity index (χ0v) is 10.5. The molecular weight excluding hydrogens is 238 g/mol. The molecule has 0 spiro atoms. The first-order valence-electron chi connectivity index (χ1n) is 6.61. The number of aromatic amines is 1. The average molecular weight is 252 g/mol. The van der Waals surface area contributed by atoms with Crippen molar-refractivity contribution in [3.05, 3.63) is 36.9 Å². The van der Waals surface area contributed by atoms with Crippen LogP contribution in [0.5, 0.6) is 0 Å². The minimum Gasteiger partial charge on any atom is -0.345 e. The molecule has 95 valence electrons. The number of nitrogens with one attached hydrogen (secondary N) is 1. The maximum Gasteiger partial charge on any atom is 0.160 e. The standard InChI is InChI=1S/C14H14N5/c1-2-4-11(3-1)19-9-10(7-17-19)13-8-16-18-14-12(13)5-6-15-14/h5-9H,1-4H2,(H,15,18). The molecule has 0 bridgehead atoms. The van der Waals surface area contributed by atoms with E-state index in [-0.39, 0.29) is 0 Å². The number of H-pyrrole nitrogens is 1. The normalized spacial score (nSPS) is 16.4. The minimum absolute atomic E-state index is 0.818. The highest BCUT2D eigenvalue weighted by Gasteiger charge is 2.19. The molecule has 1 saturated carbocycles. The third-order valence-electron chi connectivity index (χ3n) is 3.76. The smallest absolute Gasteiger partial charge is 0.160 e. The summed E-state index contributed by atoms with van der Waals surface area (Å²) in [7, 11) is 0. The quantitative estimate of drug-likeness (QED) is 0.763. The second-order valence-corrected chi connectivity index (χ2v) is 4.95. The Hall–Kier alpha value is -2.17. The molecule has 0 aromatic carbocycles. The van der Waals surface area contributed by atoms with Crippen LogP contribution in [0.4, 0.5) is 0 Å². The number of rotatable bonds is 2. The van der Waals surface area contributed by atoms with Gasteiger partial charge >= 0.3 is 0 Å². The maximum absolute atomic E-state index is 4.49. The molecule has 3 heterocycles. The van der Waals surface area contributed by atoms with Crippen molar-refractivity contribution in [1.29, 1.82) is 0 Å². The van der Waals surface area contributed by atoms with Crippen LogP contribution in [0.2, 0.25) is 0 Å². The monoisotopic (exact) mass is 252 g/mol. The second kappa shape index (κ2) is 4.19. The van der Waals surface area contributed by atoms with E-state index in [1.807, 2.05) is 23.1 Å². The van der Waals surface area contributed by atoms with Crippen LogP contribution in [0.25, 0.3) is 22.2 Å². The number of hydrogen-bond donors (Lipinski definition) is 1. The van der Waals surface area contributed by atoms with Crippen molar-refractivity contribution >= 4 is 11.0 Å². The highest BCUT2D eigenvalue weighted by atomic mass is 15.3. The third kappa shape index (κ3) is 1.73. The molecule has 1 radical (unpaired) electrons. The zero-order chi connectivity index (χ0) is 12.7. The number of fused-ring (bicyclic) bond motifs is 1. The van der Waals surface area contributed by atoms with E-state index in [0.29, 0.717) is 0 Å². The van der Waals surface area contributed by atoms with E-state index in [1.54, 1.807) is 6.20 Å². The van der Waals surface area contributed by atoms with E-state index in [0.717, 1.165) is 35.0 Å². The van der Waals surface area contributed by atoms with Gasteiger partial charge in [-0.3, -0.25) is 4.68 Å². The molecule has 0 amide bonds. The molecule has 0 aliphatic heterocycles. The number of nitrogens with zero attached hydrogens (tertiary/aromatic N) is 4. The van der Waals surface area contributed by atoms with E-state index in [4.69, 9.17) is 0 Å². The van der Waals surface area contributed by atoms with Gasteiger partial charge in [-0.1, -0.05) is 12.8 Å².